The average molecular weight is 112 g/mol. The van der Waals surface area contributed by atoms with Crippen molar-refractivity contribution in [2.75, 3.05) is 5.73 Å². The van der Waals surface area contributed by atoms with Crippen LogP contribution >= 0.6 is 0 Å². The van der Waals surface area contributed by atoms with Crippen molar-refractivity contribution in [1.29, 1.82) is 0 Å². The molecule has 0 atom stereocenters. The predicted molar refractivity (Wildman–Crippen MR) is 31.5 cm³/mol. The van der Waals surface area contributed by atoms with Crippen molar-refractivity contribution < 1.29 is 5.11 Å². The fourth-order valence-corrected chi connectivity index (χ4v) is 0.541. The molecule has 3 N–H and O–H groups in total. The number of nitrogen functional groups attached to an aromatic ring is 1. The van der Waals surface area contributed by atoms with Crippen molar-refractivity contribution in [2.45, 2.75) is 0 Å². The van der Waals surface area contributed by atoms with E-state index < -0.39 is 0 Å². The molecule has 0 aliphatic carbocycles. The van der Waals surface area contributed by atoms with Gasteiger partial charge in [0.15, 0.2) is 0 Å². The quantitative estimate of drug-likeness (QED) is 0.507. The van der Waals surface area contributed by atoms with Gasteiger partial charge >= 0.3 is 0 Å². The highest BCUT2D eigenvalue weighted by Crippen LogP contribution is 2.17. The number of aromatic nitrogens is 1. The summed E-state index contributed by atoms with van der Waals surface area (Å²) in [7, 11) is 1.73. The Kier molecular flexibility index (Phi) is 0.901. The zero-order valence-electron chi connectivity index (χ0n) is 4.63. The third kappa shape index (κ3) is 0.521. The van der Waals surface area contributed by atoms with E-state index in [1.807, 2.05) is 0 Å². The number of rotatable bonds is 0. The SMILES string of the molecule is Cn1ccc(N)c1O. The number of nitrogens with two attached hydrogens (primary N) is 1. The first-order valence-corrected chi connectivity index (χ1v) is 2.31. The van der Waals surface area contributed by atoms with Crippen LogP contribution in [-0.2, 0) is 7.05 Å². The molecule has 0 saturated carbocycles. The lowest BCUT2D eigenvalue weighted by atomic mass is 10.5. The molecule has 0 radical (unpaired) electrons. The van der Waals surface area contributed by atoms with Gasteiger partial charge in [0, 0.05) is 13.2 Å². The first-order valence-electron chi connectivity index (χ1n) is 2.31. The number of anilines is 1. The van der Waals surface area contributed by atoms with Crippen LogP contribution in [0, 0.1) is 0 Å². The fraction of sp³-hybridized carbons (Fsp3) is 0.200. The summed E-state index contributed by atoms with van der Waals surface area (Å²) in [6.45, 7) is 0. The van der Waals surface area contributed by atoms with Crippen LogP contribution in [0.3, 0.4) is 0 Å². The van der Waals surface area contributed by atoms with Crippen LogP contribution < -0.4 is 5.73 Å². The molecule has 0 unspecified atom stereocenters. The first kappa shape index (κ1) is 5.03. The van der Waals surface area contributed by atoms with Gasteiger partial charge in [-0.1, -0.05) is 0 Å². The second-order valence-corrected chi connectivity index (χ2v) is 1.71. The minimum absolute atomic E-state index is 0.130. The van der Waals surface area contributed by atoms with Crippen molar-refractivity contribution in [2.24, 2.45) is 7.05 Å². The summed E-state index contributed by atoms with van der Waals surface area (Å²) in [4.78, 5) is 0. The Morgan fingerprint density at radius 2 is 2.38 bits per heavy atom. The summed E-state index contributed by atoms with van der Waals surface area (Å²) in [6.07, 6.45) is 1.70. The molecule has 0 spiro atoms. The number of aryl methyl sites for hydroxylation is 1. The molecule has 44 valence electrons. The number of hydrogen-bond donors (Lipinski definition) is 2. The van der Waals surface area contributed by atoms with Gasteiger partial charge in [-0.3, -0.25) is 0 Å². The van der Waals surface area contributed by atoms with E-state index in [0.717, 1.165) is 0 Å². The van der Waals surface area contributed by atoms with Gasteiger partial charge in [0.25, 0.3) is 0 Å². The predicted octanol–water partition coefficient (Wildman–Crippen LogP) is 0.313. The summed E-state index contributed by atoms with van der Waals surface area (Å²) >= 11 is 0. The summed E-state index contributed by atoms with van der Waals surface area (Å²) in [5.74, 6) is 0.130. The minimum atomic E-state index is 0.130. The molecule has 0 aliphatic heterocycles. The Morgan fingerprint density at radius 1 is 1.75 bits per heavy atom. The molecule has 0 saturated heterocycles. The van der Waals surface area contributed by atoms with Crippen LogP contribution in [0.5, 0.6) is 5.88 Å². The Bertz CT molecular complexity index is 173. The van der Waals surface area contributed by atoms with Crippen LogP contribution in [0.25, 0.3) is 0 Å². The van der Waals surface area contributed by atoms with Crippen molar-refractivity contribution in [3.05, 3.63) is 12.3 Å². The molecule has 0 aliphatic rings. The molecule has 0 amide bonds. The van der Waals surface area contributed by atoms with Gasteiger partial charge in [0.2, 0.25) is 5.88 Å². The van der Waals surface area contributed by atoms with Crippen LogP contribution in [0.1, 0.15) is 0 Å². The van der Waals surface area contributed by atoms with Gasteiger partial charge in [-0.05, 0) is 6.07 Å². The van der Waals surface area contributed by atoms with Crippen molar-refractivity contribution in [3.63, 3.8) is 0 Å². The molecule has 3 heteroatoms. The third-order valence-corrected chi connectivity index (χ3v) is 1.07. The molecule has 0 aromatic carbocycles. The van der Waals surface area contributed by atoms with Crippen LogP contribution in [-0.4, -0.2) is 9.67 Å². The lowest BCUT2D eigenvalue weighted by Gasteiger charge is -1.91. The summed E-state index contributed by atoms with van der Waals surface area (Å²) in [6, 6.07) is 1.65. The molecule has 1 heterocycles. The van der Waals surface area contributed by atoms with Gasteiger partial charge in [-0.15, -0.1) is 0 Å². The molecule has 3 nitrogen and oxygen atoms in total. The van der Waals surface area contributed by atoms with E-state index in [2.05, 4.69) is 0 Å². The zero-order valence-corrected chi connectivity index (χ0v) is 4.63. The average Bonchev–Trinajstić information content (AvgIpc) is 1.98. The van der Waals surface area contributed by atoms with E-state index in [4.69, 9.17) is 10.8 Å². The summed E-state index contributed by atoms with van der Waals surface area (Å²) < 4.78 is 1.55. The van der Waals surface area contributed by atoms with Crippen LogP contribution in [0.2, 0.25) is 0 Å². The first-order chi connectivity index (χ1) is 3.72. The van der Waals surface area contributed by atoms with E-state index in [1.165, 1.54) is 0 Å². The van der Waals surface area contributed by atoms with Crippen molar-refractivity contribution in [3.8, 4) is 5.88 Å². The van der Waals surface area contributed by atoms with Gasteiger partial charge in [0.1, 0.15) is 0 Å². The fourth-order valence-electron chi connectivity index (χ4n) is 0.541. The molecular formula is C5H8N2O. The monoisotopic (exact) mass is 112 g/mol. The smallest absolute Gasteiger partial charge is 0.214 e. The van der Waals surface area contributed by atoms with E-state index in [0.29, 0.717) is 5.69 Å². The highest BCUT2D eigenvalue weighted by atomic mass is 16.3. The highest BCUT2D eigenvalue weighted by Gasteiger charge is 1.96. The van der Waals surface area contributed by atoms with Crippen LogP contribution in [0.15, 0.2) is 12.3 Å². The molecule has 1 aromatic heterocycles. The standard InChI is InChI=1S/C5H8N2O/c1-7-3-2-4(6)5(7)8/h2-3,8H,6H2,1H3. The maximum Gasteiger partial charge on any atom is 0.214 e. The maximum atomic E-state index is 8.88. The van der Waals surface area contributed by atoms with Crippen molar-refractivity contribution in [1.82, 2.24) is 4.57 Å². The number of nitrogens with zero attached hydrogens (tertiary/aromatic N) is 1. The van der Waals surface area contributed by atoms with E-state index >= 15 is 0 Å². The molecule has 1 aromatic rings. The Morgan fingerprint density at radius 3 is 2.50 bits per heavy atom. The maximum absolute atomic E-state index is 8.88. The van der Waals surface area contributed by atoms with E-state index in [-0.39, 0.29) is 5.88 Å². The number of aromatic hydroxyl groups is 1. The van der Waals surface area contributed by atoms with Crippen molar-refractivity contribution >= 4 is 5.69 Å². The second kappa shape index (κ2) is 1.43. The highest BCUT2D eigenvalue weighted by molar-refractivity contribution is 5.47. The topological polar surface area (TPSA) is 51.2 Å². The van der Waals surface area contributed by atoms with Gasteiger partial charge in [0.05, 0.1) is 5.69 Å². The van der Waals surface area contributed by atoms with Crippen LogP contribution in [0.4, 0.5) is 5.69 Å². The van der Waals surface area contributed by atoms with Gasteiger partial charge in [-0.25, -0.2) is 0 Å². The van der Waals surface area contributed by atoms with Gasteiger partial charge in [-0.2, -0.15) is 0 Å². The molecule has 0 fully saturated rings. The Balaban J connectivity index is 3.19. The zero-order chi connectivity index (χ0) is 6.15. The lowest BCUT2D eigenvalue weighted by Crippen LogP contribution is -1.85. The molecular weight excluding hydrogens is 104 g/mol. The molecule has 0 bridgehead atoms. The second-order valence-electron chi connectivity index (χ2n) is 1.71. The normalized spacial score (nSPS) is 9.62. The largest absolute Gasteiger partial charge is 0.493 e. The molecule has 1 rings (SSSR count). The Labute approximate surface area is 47.3 Å². The third-order valence-electron chi connectivity index (χ3n) is 1.07. The molecule has 8 heavy (non-hydrogen) atoms. The lowest BCUT2D eigenvalue weighted by molar-refractivity contribution is 0.435. The van der Waals surface area contributed by atoms with E-state index in [1.54, 1.807) is 23.9 Å². The van der Waals surface area contributed by atoms with Gasteiger partial charge < -0.3 is 15.4 Å². The minimum Gasteiger partial charge on any atom is -0.493 e. The Hall–Kier alpha value is -1.12. The van der Waals surface area contributed by atoms with E-state index in [9.17, 15) is 0 Å². The summed E-state index contributed by atoms with van der Waals surface area (Å²) in [5.41, 5.74) is 5.69. The number of hydrogen-bond acceptors (Lipinski definition) is 2. The summed E-state index contributed by atoms with van der Waals surface area (Å²) in [5, 5.41) is 8.88.